The van der Waals surface area contributed by atoms with Crippen LogP contribution in [-0.2, 0) is 9.59 Å². The van der Waals surface area contributed by atoms with Crippen molar-refractivity contribution >= 4 is 29.3 Å². The summed E-state index contributed by atoms with van der Waals surface area (Å²) in [5, 5.41) is 15.9. The third-order valence-electron chi connectivity index (χ3n) is 4.85. The molecule has 2 amide bonds. The second kappa shape index (κ2) is 8.97. The Morgan fingerprint density at radius 1 is 1.21 bits per heavy atom. The van der Waals surface area contributed by atoms with Gasteiger partial charge in [-0.2, -0.15) is 5.26 Å². The molecule has 0 unspecified atom stereocenters. The van der Waals surface area contributed by atoms with Crippen LogP contribution in [0.2, 0.25) is 0 Å². The first-order valence-electron chi connectivity index (χ1n) is 9.38. The molecule has 0 saturated carbocycles. The molecule has 3 rings (SSSR count). The number of amides is 2. The molecule has 2 N–H and O–H groups in total. The Hall–Kier alpha value is -3.04. The molecule has 0 bridgehead atoms. The number of rotatable bonds is 5. The number of allylic oxidation sites excluding steroid dienone is 1. The molecule has 1 aliphatic rings. The molecule has 0 saturated heterocycles. The van der Waals surface area contributed by atoms with Crippen LogP contribution in [0.5, 0.6) is 0 Å². The van der Waals surface area contributed by atoms with Crippen molar-refractivity contribution < 1.29 is 9.59 Å². The SMILES string of the molecule is Cc1cc(C)c(NC(=O)CSC2=C(C#N)[C@@H](c3ccccc3)CC(=O)N2)c(C)c1. The van der Waals surface area contributed by atoms with E-state index in [0.29, 0.717) is 10.6 Å². The minimum atomic E-state index is -0.290. The van der Waals surface area contributed by atoms with Crippen molar-refractivity contribution in [2.45, 2.75) is 33.1 Å². The second-order valence-electron chi connectivity index (χ2n) is 7.18. The molecule has 29 heavy (non-hydrogen) atoms. The predicted octanol–water partition coefficient (Wildman–Crippen LogP) is 4.32. The van der Waals surface area contributed by atoms with Crippen LogP contribution in [0.15, 0.2) is 53.1 Å². The van der Waals surface area contributed by atoms with Crippen molar-refractivity contribution in [1.82, 2.24) is 5.32 Å². The highest BCUT2D eigenvalue weighted by molar-refractivity contribution is 8.03. The third kappa shape index (κ3) is 4.87. The van der Waals surface area contributed by atoms with Crippen molar-refractivity contribution in [1.29, 1.82) is 5.26 Å². The fourth-order valence-electron chi connectivity index (χ4n) is 3.59. The third-order valence-corrected chi connectivity index (χ3v) is 5.86. The van der Waals surface area contributed by atoms with Crippen LogP contribution in [0.3, 0.4) is 0 Å². The van der Waals surface area contributed by atoms with Crippen molar-refractivity contribution in [3.8, 4) is 6.07 Å². The molecule has 2 aromatic carbocycles. The number of hydrogen-bond acceptors (Lipinski definition) is 4. The van der Waals surface area contributed by atoms with Crippen LogP contribution in [0, 0.1) is 32.1 Å². The van der Waals surface area contributed by atoms with Gasteiger partial charge < -0.3 is 10.6 Å². The highest BCUT2D eigenvalue weighted by atomic mass is 32.2. The van der Waals surface area contributed by atoms with Gasteiger partial charge >= 0.3 is 0 Å². The molecule has 1 aliphatic heterocycles. The van der Waals surface area contributed by atoms with E-state index in [9.17, 15) is 14.9 Å². The lowest BCUT2D eigenvalue weighted by Crippen LogP contribution is -2.31. The van der Waals surface area contributed by atoms with Gasteiger partial charge in [0.1, 0.15) is 0 Å². The zero-order valence-electron chi connectivity index (χ0n) is 16.7. The molecular formula is C23H23N3O2S. The van der Waals surface area contributed by atoms with Crippen molar-refractivity contribution in [2.75, 3.05) is 11.1 Å². The molecule has 1 atom stereocenters. The monoisotopic (exact) mass is 405 g/mol. The van der Waals surface area contributed by atoms with Crippen molar-refractivity contribution in [2.24, 2.45) is 0 Å². The number of nitrogens with zero attached hydrogens (tertiary/aromatic N) is 1. The molecule has 2 aromatic rings. The summed E-state index contributed by atoms with van der Waals surface area (Å²) < 4.78 is 0. The predicted molar refractivity (Wildman–Crippen MR) is 116 cm³/mol. The van der Waals surface area contributed by atoms with Crippen LogP contribution in [0.25, 0.3) is 0 Å². The summed E-state index contributed by atoms with van der Waals surface area (Å²) in [4.78, 5) is 24.7. The van der Waals surface area contributed by atoms with E-state index in [1.54, 1.807) is 0 Å². The average molecular weight is 406 g/mol. The Kier molecular flexibility index (Phi) is 6.40. The highest BCUT2D eigenvalue weighted by Crippen LogP contribution is 2.35. The largest absolute Gasteiger partial charge is 0.325 e. The number of hydrogen-bond donors (Lipinski definition) is 2. The topological polar surface area (TPSA) is 82.0 Å². The molecule has 0 radical (unpaired) electrons. The first kappa shape index (κ1) is 20.7. The lowest BCUT2D eigenvalue weighted by molar-refractivity contribution is -0.121. The molecule has 5 nitrogen and oxygen atoms in total. The maximum absolute atomic E-state index is 12.5. The number of carbonyl (C=O) groups is 2. The van der Waals surface area contributed by atoms with E-state index in [-0.39, 0.29) is 29.9 Å². The molecule has 6 heteroatoms. The maximum atomic E-state index is 12.5. The van der Waals surface area contributed by atoms with E-state index in [0.717, 1.165) is 27.9 Å². The molecular weight excluding hydrogens is 382 g/mol. The van der Waals surface area contributed by atoms with Crippen LogP contribution in [0.4, 0.5) is 5.69 Å². The van der Waals surface area contributed by atoms with Crippen LogP contribution >= 0.6 is 11.8 Å². The number of thioether (sulfide) groups is 1. The Labute approximate surface area is 175 Å². The van der Waals surface area contributed by atoms with Gasteiger partial charge in [-0.05, 0) is 37.5 Å². The Bertz CT molecular complexity index is 999. The number of anilines is 1. The minimum absolute atomic E-state index is 0.106. The van der Waals surface area contributed by atoms with Gasteiger partial charge in [0, 0.05) is 18.0 Å². The Balaban J connectivity index is 1.76. The minimum Gasteiger partial charge on any atom is -0.325 e. The lowest BCUT2D eigenvalue weighted by Gasteiger charge is -2.25. The molecule has 148 valence electrons. The number of aryl methyl sites for hydroxylation is 3. The molecule has 0 aromatic heterocycles. The van der Waals surface area contributed by atoms with Crippen molar-refractivity contribution in [3.05, 3.63) is 75.3 Å². The fraction of sp³-hybridized carbons (Fsp3) is 0.261. The zero-order valence-corrected chi connectivity index (χ0v) is 17.5. The van der Waals surface area contributed by atoms with E-state index in [2.05, 4.69) is 16.7 Å². The smallest absolute Gasteiger partial charge is 0.234 e. The quantitative estimate of drug-likeness (QED) is 0.776. The summed E-state index contributed by atoms with van der Waals surface area (Å²) in [5.74, 6) is -0.506. The van der Waals surface area contributed by atoms with Gasteiger partial charge in [0.2, 0.25) is 11.8 Å². The Morgan fingerprint density at radius 2 is 1.86 bits per heavy atom. The lowest BCUT2D eigenvalue weighted by atomic mass is 9.87. The summed E-state index contributed by atoms with van der Waals surface area (Å²) in [5.41, 5.74) is 5.39. The van der Waals surface area contributed by atoms with Gasteiger partial charge in [-0.15, -0.1) is 0 Å². The molecule has 0 spiro atoms. The van der Waals surface area contributed by atoms with Gasteiger partial charge in [0.25, 0.3) is 0 Å². The van der Waals surface area contributed by atoms with Gasteiger partial charge in [-0.25, -0.2) is 0 Å². The summed E-state index contributed by atoms with van der Waals surface area (Å²) in [6, 6.07) is 15.8. The Morgan fingerprint density at radius 3 is 2.48 bits per heavy atom. The highest BCUT2D eigenvalue weighted by Gasteiger charge is 2.29. The molecule has 0 aliphatic carbocycles. The van der Waals surface area contributed by atoms with Crippen molar-refractivity contribution in [3.63, 3.8) is 0 Å². The molecule has 1 heterocycles. The number of benzene rings is 2. The first-order chi connectivity index (χ1) is 13.9. The van der Waals surface area contributed by atoms with Gasteiger partial charge in [0.15, 0.2) is 0 Å². The van der Waals surface area contributed by atoms with Gasteiger partial charge in [0.05, 0.1) is 22.4 Å². The van der Waals surface area contributed by atoms with E-state index < -0.39 is 0 Å². The number of carbonyl (C=O) groups excluding carboxylic acids is 2. The van der Waals surface area contributed by atoms with Crippen LogP contribution in [-0.4, -0.2) is 17.6 Å². The second-order valence-corrected chi connectivity index (χ2v) is 8.17. The van der Waals surface area contributed by atoms with Crippen LogP contribution < -0.4 is 10.6 Å². The first-order valence-corrected chi connectivity index (χ1v) is 10.4. The standard InChI is InChI=1S/C23H23N3O2S/c1-14-9-15(2)22(16(3)10-14)25-21(28)13-29-23-19(12-24)18(11-20(27)26-23)17-7-5-4-6-8-17/h4-10,18H,11,13H2,1-3H3,(H,25,28)(H,26,27)/t18-/m1/s1. The zero-order chi connectivity index (χ0) is 21.0. The van der Waals surface area contributed by atoms with E-state index >= 15 is 0 Å². The van der Waals surface area contributed by atoms with E-state index in [1.807, 2.05) is 63.2 Å². The number of nitriles is 1. The van der Waals surface area contributed by atoms with Gasteiger partial charge in [-0.1, -0.05) is 59.8 Å². The molecule has 0 fully saturated rings. The summed E-state index contributed by atoms with van der Waals surface area (Å²) >= 11 is 1.19. The average Bonchev–Trinajstić information content (AvgIpc) is 2.69. The maximum Gasteiger partial charge on any atom is 0.234 e. The normalized spacial score (nSPS) is 16.2. The fourth-order valence-corrected chi connectivity index (χ4v) is 4.47. The van der Waals surface area contributed by atoms with Crippen LogP contribution in [0.1, 0.15) is 34.6 Å². The number of nitrogens with one attached hydrogen (secondary N) is 2. The van der Waals surface area contributed by atoms with E-state index in [4.69, 9.17) is 0 Å². The van der Waals surface area contributed by atoms with E-state index in [1.165, 1.54) is 11.8 Å². The summed E-state index contributed by atoms with van der Waals surface area (Å²) in [7, 11) is 0. The summed E-state index contributed by atoms with van der Waals surface area (Å²) in [6.07, 6.45) is 0.227. The van der Waals surface area contributed by atoms with Gasteiger partial charge in [-0.3, -0.25) is 9.59 Å². The summed E-state index contributed by atoms with van der Waals surface area (Å²) in [6.45, 7) is 5.95.